The number of H-pyrrole nitrogens is 2. The molecule has 0 radical (unpaired) electrons. The second kappa shape index (κ2) is 19.4. The molecule has 2 fully saturated rings. The number of fused-ring (bicyclic) bond motifs is 3. The maximum absolute atomic E-state index is 4.91. The van der Waals surface area contributed by atoms with E-state index in [0.717, 1.165) is 57.9 Å². The fourth-order valence-electron chi connectivity index (χ4n) is 6.35. The molecule has 16 nitrogen and oxygen atoms in total. The Bertz CT molecular complexity index is 2290. The first-order chi connectivity index (χ1) is 28.3. The maximum atomic E-state index is 4.91. The Labute approximate surface area is 340 Å². The Morgan fingerprint density at radius 2 is 1.47 bits per heavy atom. The molecule has 306 valence electrons. The van der Waals surface area contributed by atoms with Crippen LogP contribution >= 0.6 is 0 Å². The van der Waals surface area contributed by atoms with Gasteiger partial charge in [-0.1, -0.05) is 64.1 Å². The van der Waals surface area contributed by atoms with Crippen LogP contribution in [0.2, 0.25) is 0 Å². The molecule has 3 aliphatic rings. The molecule has 2 saturated carbocycles. The number of para-hydroxylation sites is 2. The van der Waals surface area contributed by atoms with Crippen molar-refractivity contribution in [2.45, 2.75) is 85.7 Å². The van der Waals surface area contributed by atoms with Crippen LogP contribution in [0, 0.1) is 12.8 Å². The number of aliphatic imine (C=N–C) groups is 2. The molecule has 6 aromatic rings. The van der Waals surface area contributed by atoms with E-state index < -0.39 is 0 Å². The first kappa shape index (κ1) is 41.6. The van der Waals surface area contributed by atoms with Crippen LogP contribution in [0.15, 0.2) is 83.8 Å². The van der Waals surface area contributed by atoms with Crippen molar-refractivity contribution in [3.8, 4) is 0 Å². The molecule has 0 amide bonds. The maximum Gasteiger partial charge on any atom is 0.182 e. The number of likely N-dealkylation sites (N-methyl/N-ethyl adjacent to an activating group) is 1. The summed E-state index contributed by atoms with van der Waals surface area (Å²) in [5, 5.41) is 11.0. The second-order valence-electron chi connectivity index (χ2n) is 14.3. The number of aromatic amines is 2. The van der Waals surface area contributed by atoms with Crippen LogP contribution in [0.5, 0.6) is 0 Å². The van der Waals surface area contributed by atoms with Gasteiger partial charge in [0.25, 0.3) is 0 Å². The van der Waals surface area contributed by atoms with Crippen LogP contribution in [-0.2, 0) is 0 Å². The molecule has 1 unspecified atom stereocenters. The van der Waals surface area contributed by atoms with Gasteiger partial charge in [0.1, 0.15) is 35.4 Å². The Morgan fingerprint density at radius 3 is 2.10 bits per heavy atom. The van der Waals surface area contributed by atoms with Gasteiger partial charge >= 0.3 is 0 Å². The molecule has 4 aromatic heterocycles. The average molecular weight is 787 g/mol. The Morgan fingerprint density at radius 1 is 0.845 bits per heavy atom. The van der Waals surface area contributed by atoms with E-state index in [1.165, 1.54) is 43.9 Å². The summed E-state index contributed by atoms with van der Waals surface area (Å²) in [5.74, 6) is 4.06. The van der Waals surface area contributed by atoms with Gasteiger partial charge in [-0.2, -0.15) is 0 Å². The topological polar surface area (TPSA) is 188 Å². The molecule has 0 spiro atoms. The van der Waals surface area contributed by atoms with Gasteiger partial charge < -0.3 is 20.6 Å². The number of hydrogen-bond donors (Lipinski definition) is 6. The highest BCUT2D eigenvalue weighted by Gasteiger charge is 2.38. The van der Waals surface area contributed by atoms with Crippen molar-refractivity contribution in [1.82, 2.24) is 60.7 Å². The first-order valence-electron chi connectivity index (χ1n) is 20.4. The number of imidazole rings is 2. The molecule has 5 heterocycles. The zero-order valence-electron chi connectivity index (χ0n) is 35.0. The number of hydrazine groups is 2. The quantitative estimate of drug-likeness (QED) is 0.0405. The second-order valence-corrected chi connectivity index (χ2v) is 14.3. The first-order valence-corrected chi connectivity index (χ1v) is 20.4. The summed E-state index contributed by atoms with van der Waals surface area (Å²) in [6, 6.07) is 16.7. The van der Waals surface area contributed by atoms with Crippen LogP contribution in [0.1, 0.15) is 84.4 Å². The lowest BCUT2D eigenvalue weighted by molar-refractivity contribution is 0.233. The molecule has 0 bridgehead atoms. The van der Waals surface area contributed by atoms with Crippen molar-refractivity contribution in [2.24, 2.45) is 15.9 Å². The number of anilines is 2. The van der Waals surface area contributed by atoms with Gasteiger partial charge in [0.15, 0.2) is 22.9 Å². The Balaban J connectivity index is 0.000000180. The summed E-state index contributed by atoms with van der Waals surface area (Å²) < 4.78 is 0. The van der Waals surface area contributed by atoms with Crippen molar-refractivity contribution >= 4 is 57.0 Å². The third-order valence-electron chi connectivity index (χ3n) is 10.0. The van der Waals surface area contributed by atoms with Gasteiger partial charge in [-0.25, -0.2) is 50.7 Å². The van der Waals surface area contributed by atoms with Gasteiger partial charge in [-0.15, -0.1) is 0 Å². The van der Waals surface area contributed by atoms with Crippen molar-refractivity contribution in [1.29, 1.82) is 0 Å². The predicted molar refractivity (Wildman–Crippen MR) is 234 cm³/mol. The van der Waals surface area contributed by atoms with Gasteiger partial charge in [0.2, 0.25) is 0 Å². The number of aryl methyl sites for hydroxylation is 1. The summed E-state index contributed by atoms with van der Waals surface area (Å²) in [6.07, 6.45) is 11.3. The van der Waals surface area contributed by atoms with E-state index in [4.69, 9.17) is 9.98 Å². The molecule has 58 heavy (non-hydrogen) atoms. The number of nitrogens with zero attached hydrogens (tertiary/aromatic N) is 10. The zero-order chi connectivity index (χ0) is 41.1. The number of aromatic nitrogens is 8. The van der Waals surface area contributed by atoms with E-state index in [0.29, 0.717) is 30.2 Å². The van der Waals surface area contributed by atoms with Crippen molar-refractivity contribution in [3.63, 3.8) is 0 Å². The van der Waals surface area contributed by atoms with Crippen LogP contribution < -0.4 is 21.5 Å². The molecule has 1 aliphatic heterocycles. The van der Waals surface area contributed by atoms with Crippen molar-refractivity contribution in [2.75, 3.05) is 37.3 Å². The lowest BCUT2D eigenvalue weighted by Crippen LogP contribution is -2.49. The molecule has 9 rings (SSSR count). The van der Waals surface area contributed by atoms with Crippen LogP contribution in [0.4, 0.5) is 23.0 Å². The Hall–Kier alpha value is -6.00. The summed E-state index contributed by atoms with van der Waals surface area (Å²) >= 11 is 0. The highest BCUT2D eigenvalue weighted by molar-refractivity contribution is 5.93. The lowest BCUT2D eigenvalue weighted by Gasteiger charge is -2.36. The van der Waals surface area contributed by atoms with Crippen LogP contribution in [-0.4, -0.2) is 93.8 Å². The minimum Gasteiger partial charge on any atom is -0.361 e. The number of benzene rings is 2. The van der Waals surface area contributed by atoms with Gasteiger partial charge in [-0.3, -0.25) is 10.0 Å². The third kappa shape index (κ3) is 10.3. The minimum atomic E-state index is 0.160. The number of amidine groups is 2. The van der Waals surface area contributed by atoms with Gasteiger partial charge in [0.05, 0.1) is 43.2 Å². The molecule has 2 aromatic carbocycles. The molecular weight excluding hydrogens is 729 g/mol. The minimum absolute atomic E-state index is 0.160. The largest absolute Gasteiger partial charge is 0.361 e. The molecule has 1 atom stereocenters. The van der Waals surface area contributed by atoms with E-state index in [1.54, 1.807) is 12.7 Å². The SMILES string of the molecule is CC.CC.CC1c2ccccc2N=C(CNc2ncnc3nc[nH]c23)N1NCC1CC1.Cc1ccccc1N=C(CNc1ncnc2nc[nH]c12)N(C)NC1(C)CC1. The average Bonchev–Trinajstić information content (AvgIpc) is 4.10. The lowest BCUT2D eigenvalue weighted by atomic mass is 10.0. The molecule has 6 N–H and O–H groups in total. The molecule has 2 aliphatic carbocycles. The van der Waals surface area contributed by atoms with Crippen LogP contribution in [0.25, 0.3) is 22.3 Å². The monoisotopic (exact) mass is 787 g/mol. The van der Waals surface area contributed by atoms with Gasteiger partial charge in [-0.05, 0) is 70.1 Å². The Kier molecular flexibility index (Phi) is 13.9. The van der Waals surface area contributed by atoms with E-state index in [9.17, 15) is 0 Å². The van der Waals surface area contributed by atoms with E-state index >= 15 is 0 Å². The summed E-state index contributed by atoms with van der Waals surface area (Å²) in [5.41, 5.74) is 14.6. The van der Waals surface area contributed by atoms with Gasteiger partial charge in [0, 0.05) is 24.7 Å². The number of nitrogens with one attached hydrogen (secondary N) is 6. The highest BCUT2D eigenvalue weighted by atomic mass is 15.6. The van der Waals surface area contributed by atoms with E-state index in [-0.39, 0.29) is 11.6 Å². The predicted octanol–water partition coefficient (Wildman–Crippen LogP) is 7.63. The fraction of sp³-hybridized carbons (Fsp3) is 0.429. The van der Waals surface area contributed by atoms with E-state index in [1.807, 2.05) is 64.0 Å². The van der Waals surface area contributed by atoms with Crippen molar-refractivity contribution < 1.29 is 0 Å². The number of hydrogen-bond acceptors (Lipinski definition) is 13. The number of rotatable bonds is 12. The standard InChI is InChI=1S/C19H22N8.C19H24N8.2C2H6/c1-12-14-4-2-3-5-15(14)26-16(27(12)25-8-13-6-7-13)9-20-18-17-19(22-10-21-17)24-11-23-18;1-13-6-4-5-7-14(13)25-15(27(3)26-19(2)8-9-19)10-20-17-16-18(22-11-21-16)24-12-23-17;2*1-2/h2-5,10-13,25H,6-9H2,1H3,(H2,20,21,22,23,24);4-7,11-12,26H,8-10H2,1-3H3,(H2,20,21,22,23,24);2*1-2H3. The fourth-order valence-corrected chi connectivity index (χ4v) is 6.35. The molecular formula is C42H58N16. The smallest absolute Gasteiger partial charge is 0.182 e. The normalized spacial score (nSPS) is 16.4. The van der Waals surface area contributed by atoms with E-state index in [2.05, 4.69) is 111 Å². The van der Waals surface area contributed by atoms with Crippen LogP contribution in [0.3, 0.4) is 0 Å². The summed E-state index contributed by atoms with van der Waals surface area (Å²) in [4.78, 5) is 41.3. The molecule has 0 saturated heterocycles. The third-order valence-corrected chi connectivity index (χ3v) is 10.0. The highest BCUT2D eigenvalue weighted by Crippen LogP contribution is 2.36. The summed E-state index contributed by atoms with van der Waals surface area (Å²) in [6.45, 7) is 16.6. The summed E-state index contributed by atoms with van der Waals surface area (Å²) in [7, 11) is 2.01. The molecule has 16 heteroatoms. The zero-order valence-corrected chi connectivity index (χ0v) is 35.0. The van der Waals surface area contributed by atoms with Crippen molar-refractivity contribution in [3.05, 3.63) is 85.0 Å².